The molecule has 2 aromatic rings. The summed E-state index contributed by atoms with van der Waals surface area (Å²) < 4.78 is 0. The van der Waals surface area contributed by atoms with Crippen LogP contribution in [0.15, 0.2) is 60.2 Å². The molecular formula is C18H18N4O2S. The van der Waals surface area contributed by atoms with Crippen molar-refractivity contribution in [1.82, 2.24) is 10.3 Å². The molecule has 0 unspecified atom stereocenters. The summed E-state index contributed by atoms with van der Waals surface area (Å²) >= 11 is 5.29. The number of thiocarbonyl (C=S) groups is 1. The molecule has 0 aliphatic rings. The molecule has 7 heteroatoms. The summed E-state index contributed by atoms with van der Waals surface area (Å²) in [5, 5.41) is 20.1. The highest BCUT2D eigenvalue weighted by molar-refractivity contribution is 7.80. The van der Waals surface area contributed by atoms with Gasteiger partial charge in [-0.2, -0.15) is 5.10 Å². The lowest BCUT2D eigenvalue weighted by Crippen LogP contribution is -2.33. The Kier molecular flexibility index (Phi) is 6.36. The first kappa shape index (κ1) is 18.3. The van der Waals surface area contributed by atoms with Gasteiger partial charge in [0.25, 0.3) is 5.69 Å². The van der Waals surface area contributed by atoms with Gasteiger partial charge in [0.15, 0.2) is 5.11 Å². The quantitative estimate of drug-likeness (QED) is 0.372. The van der Waals surface area contributed by atoms with Crippen molar-refractivity contribution in [3.05, 3.63) is 81.9 Å². The lowest BCUT2D eigenvalue weighted by molar-refractivity contribution is -0.384. The minimum absolute atomic E-state index is 0.0436. The third kappa shape index (κ3) is 5.22. The zero-order valence-electron chi connectivity index (χ0n) is 13.8. The smallest absolute Gasteiger partial charge is 0.269 e. The number of rotatable bonds is 6. The van der Waals surface area contributed by atoms with Crippen LogP contribution in [0.4, 0.5) is 5.69 Å². The minimum Gasteiger partial charge on any atom is -0.364 e. The van der Waals surface area contributed by atoms with Gasteiger partial charge in [0, 0.05) is 19.2 Å². The van der Waals surface area contributed by atoms with Crippen LogP contribution in [-0.4, -0.2) is 28.3 Å². The molecule has 128 valence electrons. The number of benzene rings is 2. The molecule has 0 aromatic heterocycles. The van der Waals surface area contributed by atoms with E-state index < -0.39 is 4.92 Å². The zero-order chi connectivity index (χ0) is 18.2. The molecule has 6 nitrogen and oxygen atoms in total. The monoisotopic (exact) mass is 354 g/mol. The molecule has 0 spiro atoms. The molecule has 25 heavy (non-hydrogen) atoms. The maximum absolute atomic E-state index is 10.7. The molecule has 0 aliphatic carbocycles. The molecule has 0 atom stereocenters. The average molecular weight is 354 g/mol. The van der Waals surface area contributed by atoms with Gasteiger partial charge in [0.2, 0.25) is 0 Å². The summed E-state index contributed by atoms with van der Waals surface area (Å²) in [6.45, 7) is 4.24. The Morgan fingerprint density at radius 1 is 1.24 bits per heavy atom. The van der Waals surface area contributed by atoms with Crippen LogP contribution in [0, 0.1) is 10.1 Å². The third-order valence-electron chi connectivity index (χ3n) is 3.45. The zero-order valence-corrected chi connectivity index (χ0v) is 14.6. The van der Waals surface area contributed by atoms with Gasteiger partial charge in [-0.15, -0.1) is 0 Å². The number of nitrogens with one attached hydrogen (secondary N) is 1. The van der Waals surface area contributed by atoms with Gasteiger partial charge in [-0.25, -0.2) is 5.01 Å². The van der Waals surface area contributed by atoms with Gasteiger partial charge < -0.3 is 5.32 Å². The van der Waals surface area contributed by atoms with Crippen LogP contribution in [0.5, 0.6) is 0 Å². The normalized spacial score (nSPS) is 10.4. The first-order valence-corrected chi connectivity index (χ1v) is 7.93. The van der Waals surface area contributed by atoms with Gasteiger partial charge >= 0.3 is 0 Å². The summed E-state index contributed by atoms with van der Waals surface area (Å²) in [5.74, 6) is 0. The maximum atomic E-state index is 10.7. The van der Waals surface area contributed by atoms with Gasteiger partial charge in [-0.3, -0.25) is 10.1 Å². The van der Waals surface area contributed by atoms with E-state index in [1.807, 2.05) is 24.3 Å². The Hall–Kier alpha value is -3.06. The largest absolute Gasteiger partial charge is 0.364 e. The summed E-state index contributed by atoms with van der Waals surface area (Å²) in [5.41, 5.74) is 2.88. The van der Waals surface area contributed by atoms with E-state index >= 15 is 0 Å². The van der Waals surface area contributed by atoms with Crippen LogP contribution >= 0.6 is 12.2 Å². The second-order valence-corrected chi connectivity index (χ2v) is 5.54. The summed E-state index contributed by atoms with van der Waals surface area (Å²) in [4.78, 5) is 10.3. The number of nitro benzene ring substituents is 1. The first-order valence-electron chi connectivity index (χ1n) is 7.52. The van der Waals surface area contributed by atoms with Crippen molar-refractivity contribution in [1.29, 1.82) is 0 Å². The highest BCUT2D eigenvalue weighted by Gasteiger charge is 2.08. The van der Waals surface area contributed by atoms with E-state index in [0.29, 0.717) is 11.7 Å². The Balaban J connectivity index is 2.14. The van der Waals surface area contributed by atoms with E-state index in [9.17, 15) is 10.1 Å². The molecule has 0 radical (unpaired) electrons. The summed E-state index contributed by atoms with van der Waals surface area (Å²) in [6.07, 6.45) is 3.40. The fraction of sp³-hybridized carbons (Fsp3) is 0.111. The summed E-state index contributed by atoms with van der Waals surface area (Å²) in [6, 6.07) is 14.1. The standard InChI is InChI=1S/C18H18N4O2S/c1-3-14-4-6-16(7-5-14)13-21(18(25)19-2)20-12-15-8-10-17(11-9-15)22(23)24/h3-12H,1,13H2,2H3,(H,19,25). The Labute approximate surface area is 151 Å². The number of non-ortho nitro benzene ring substituents is 1. The molecule has 0 saturated heterocycles. The van der Waals surface area contributed by atoms with E-state index in [1.165, 1.54) is 12.1 Å². The van der Waals surface area contributed by atoms with Gasteiger partial charge in [-0.05, 0) is 41.0 Å². The van der Waals surface area contributed by atoms with Crippen LogP contribution < -0.4 is 5.32 Å². The fourth-order valence-electron chi connectivity index (χ4n) is 2.04. The van der Waals surface area contributed by atoms with Crippen molar-refractivity contribution >= 4 is 35.3 Å². The van der Waals surface area contributed by atoms with Crippen molar-refractivity contribution in [2.75, 3.05) is 7.05 Å². The van der Waals surface area contributed by atoms with E-state index in [2.05, 4.69) is 17.0 Å². The molecule has 0 aliphatic heterocycles. The molecule has 2 rings (SSSR count). The Bertz CT molecular complexity index is 786. The lowest BCUT2D eigenvalue weighted by Gasteiger charge is -2.19. The predicted octanol–water partition coefficient (Wildman–Crippen LogP) is 3.58. The second-order valence-electron chi connectivity index (χ2n) is 5.15. The average Bonchev–Trinajstić information content (AvgIpc) is 2.65. The Morgan fingerprint density at radius 3 is 2.36 bits per heavy atom. The maximum Gasteiger partial charge on any atom is 0.269 e. The highest BCUT2D eigenvalue weighted by Crippen LogP contribution is 2.12. The molecule has 0 saturated carbocycles. The predicted molar refractivity (Wildman–Crippen MR) is 104 cm³/mol. The van der Waals surface area contributed by atoms with Crippen molar-refractivity contribution < 1.29 is 4.92 Å². The van der Waals surface area contributed by atoms with Crippen molar-refractivity contribution in [2.24, 2.45) is 5.10 Å². The second kappa shape index (κ2) is 8.70. The van der Waals surface area contributed by atoms with Crippen LogP contribution in [0.1, 0.15) is 16.7 Å². The molecule has 0 bridgehead atoms. The van der Waals surface area contributed by atoms with Crippen LogP contribution in [0.3, 0.4) is 0 Å². The molecular weight excluding hydrogens is 336 g/mol. The van der Waals surface area contributed by atoms with Crippen molar-refractivity contribution in [3.8, 4) is 0 Å². The molecule has 0 amide bonds. The van der Waals surface area contributed by atoms with Gasteiger partial charge in [-0.1, -0.05) is 36.9 Å². The number of hydrogen-bond donors (Lipinski definition) is 1. The number of nitro groups is 1. The Morgan fingerprint density at radius 2 is 1.84 bits per heavy atom. The van der Waals surface area contributed by atoms with Crippen molar-refractivity contribution in [2.45, 2.75) is 6.54 Å². The topological polar surface area (TPSA) is 70.8 Å². The number of hydrazone groups is 1. The highest BCUT2D eigenvalue weighted by atomic mass is 32.1. The van der Waals surface area contributed by atoms with E-state index in [1.54, 1.807) is 36.5 Å². The van der Waals surface area contributed by atoms with Gasteiger partial charge in [0.1, 0.15) is 0 Å². The summed E-state index contributed by atoms with van der Waals surface area (Å²) in [7, 11) is 1.73. The molecule has 2 aromatic carbocycles. The van der Waals surface area contributed by atoms with Gasteiger partial charge in [0.05, 0.1) is 17.7 Å². The van der Waals surface area contributed by atoms with Crippen LogP contribution in [-0.2, 0) is 6.54 Å². The minimum atomic E-state index is -0.434. The molecule has 0 heterocycles. The van der Waals surface area contributed by atoms with E-state index in [4.69, 9.17) is 12.2 Å². The van der Waals surface area contributed by atoms with Crippen molar-refractivity contribution in [3.63, 3.8) is 0 Å². The third-order valence-corrected chi connectivity index (χ3v) is 3.86. The first-order chi connectivity index (χ1) is 12.0. The number of hydrogen-bond acceptors (Lipinski definition) is 4. The molecule has 1 N–H and O–H groups in total. The van der Waals surface area contributed by atoms with E-state index in [0.717, 1.165) is 16.7 Å². The number of nitrogens with zero attached hydrogens (tertiary/aromatic N) is 3. The van der Waals surface area contributed by atoms with Crippen LogP contribution in [0.25, 0.3) is 6.08 Å². The lowest BCUT2D eigenvalue weighted by atomic mass is 10.1. The fourth-order valence-corrected chi connectivity index (χ4v) is 2.16. The SMILES string of the molecule is C=Cc1ccc(CN(N=Cc2ccc([N+](=O)[O-])cc2)C(=S)NC)cc1. The molecule has 0 fully saturated rings. The van der Waals surface area contributed by atoms with E-state index in [-0.39, 0.29) is 5.69 Å². The van der Waals surface area contributed by atoms with Crippen LogP contribution in [0.2, 0.25) is 0 Å².